The molecule has 3 aromatic heterocycles. The highest BCUT2D eigenvalue weighted by atomic mass is 35.5. The van der Waals surface area contributed by atoms with E-state index in [9.17, 15) is 4.79 Å². The summed E-state index contributed by atoms with van der Waals surface area (Å²) in [6.45, 7) is 1.84. The fourth-order valence-corrected chi connectivity index (χ4v) is 4.13. The number of aromatic nitrogens is 4. The van der Waals surface area contributed by atoms with Gasteiger partial charge < -0.3 is 4.42 Å². The third kappa shape index (κ3) is 2.88. The van der Waals surface area contributed by atoms with E-state index in [2.05, 4.69) is 15.3 Å². The van der Waals surface area contributed by atoms with Crippen LogP contribution >= 0.6 is 11.6 Å². The number of rotatable bonds is 2. The van der Waals surface area contributed by atoms with E-state index in [1.165, 1.54) is 0 Å². The number of benzene rings is 3. The summed E-state index contributed by atoms with van der Waals surface area (Å²) in [5, 5.41) is 17.6. The quantitative estimate of drug-likeness (QED) is 0.256. The van der Waals surface area contributed by atoms with Crippen molar-refractivity contribution in [3.63, 3.8) is 0 Å². The molecule has 0 aliphatic carbocycles. The van der Waals surface area contributed by atoms with Crippen molar-refractivity contribution >= 4 is 44.2 Å². The summed E-state index contributed by atoms with van der Waals surface area (Å²) in [7, 11) is 0. The summed E-state index contributed by atoms with van der Waals surface area (Å²) < 4.78 is 7.41. The van der Waals surface area contributed by atoms with Crippen LogP contribution in [0.4, 0.5) is 0 Å². The molecule has 0 unspecified atom stereocenters. The highest BCUT2D eigenvalue weighted by Gasteiger charge is 2.18. The van der Waals surface area contributed by atoms with Crippen molar-refractivity contribution in [3.8, 4) is 16.9 Å². The van der Waals surface area contributed by atoms with Crippen LogP contribution in [0.15, 0.2) is 82.1 Å². The van der Waals surface area contributed by atoms with Crippen LogP contribution in [0.25, 0.3) is 49.6 Å². The molecule has 6 rings (SSSR count). The van der Waals surface area contributed by atoms with E-state index >= 15 is 0 Å². The summed E-state index contributed by atoms with van der Waals surface area (Å²) >= 11 is 6.02. The second-order valence-electron chi connectivity index (χ2n) is 7.59. The van der Waals surface area contributed by atoms with E-state index in [1.807, 2.05) is 67.7 Å². The molecule has 0 saturated heterocycles. The zero-order valence-electron chi connectivity index (χ0n) is 16.9. The smallest absolute Gasteiger partial charge is 0.345 e. The lowest BCUT2D eigenvalue weighted by molar-refractivity contribution is 0.563. The van der Waals surface area contributed by atoms with Gasteiger partial charge in [0.2, 0.25) is 0 Å². The Morgan fingerprint density at radius 2 is 1.72 bits per heavy atom. The Kier molecular flexibility index (Phi) is 4.10. The van der Waals surface area contributed by atoms with Crippen molar-refractivity contribution in [2.75, 3.05) is 0 Å². The molecule has 32 heavy (non-hydrogen) atoms. The molecule has 0 aliphatic rings. The molecule has 0 spiro atoms. The molecule has 0 radical (unpaired) electrons. The summed E-state index contributed by atoms with van der Waals surface area (Å²) in [6.07, 6.45) is 1.85. The fraction of sp³-hybridized carbons (Fsp3) is 0.0400. The molecule has 0 bridgehead atoms. The van der Waals surface area contributed by atoms with Crippen LogP contribution in [-0.4, -0.2) is 20.0 Å². The zero-order valence-corrected chi connectivity index (χ0v) is 17.7. The minimum absolute atomic E-state index is 0.349. The van der Waals surface area contributed by atoms with Crippen LogP contribution < -0.4 is 5.63 Å². The Morgan fingerprint density at radius 3 is 2.56 bits per heavy atom. The molecule has 0 saturated carbocycles. The van der Waals surface area contributed by atoms with Gasteiger partial charge in [0.25, 0.3) is 0 Å². The lowest BCUT2D eigenvalue weighted by atomic mass is 10.0. The summed E-state index contributed by atoms with van der Waals surface area (Å²) in [5.41, 5.74) is 3.04. The standard InChI is InChI=1S/C25H15ClN4O2/c1-14-23-21(13-30(29-23)17-9-7-16(26)8-10-17)24(28-27-14)20-12-19-18-5-3-2-4-15(18)6-11-22(19)32-25(20)31/h2-13H,1H3. The first-order chi connectivity index (χ1) is 15.6. The number of nitrogens with zero attached hydrogens (tertiary/aromatic N) is 4. The molecule has 3 heterocycles. The molecule has 0 atom stereocenters. The highest BCUT2D eigenvalue weighted by molar-refractivity contribution is 6.30. The predicted molar refractivity (Wildman–Crippen MR) is 125 cm³/mol. The third-order valence-corrected chi connectivity index (χ3v) is 5.85. The van der Waals surface area contributed by atoms with E-state index in [0.717, 1.165) is 27.2 Å². The van der Waals surface area contributed by atoms with Crippen molar-refractivity contribution in [2.45, 2.75) is 6.92 Å². The Bertz CT molecular complexity index is 1720. The van der Waals surface area contributed by atoms with E-state index in [0.29, 0.717) is 33.1 Å². The SMILES string of the molecule is Cc1nnc(-c2cc3c(ccc4ccccc43)oc2=O)c2cn(-c3ccc(Cl)cc3)nc12. The van der Waals surface area contributed by atoms with Crippen molar-refractivity contribution in [3.05, 3.63) is 94.1 Å². The van der Waals surface area contributed by atoms with Crippen molar-refractivity contribution in [2.24, 2.45) is 0 Å². The molecule has 0 fully saturated rings. The van der Waals surface area contributed by atoms with Gasteiger partial charge in [0.1, 0.15) is 16.8 Å². The van der Waals surface area contributed by atoms with Gasteiger partial charge in [0.15, 0.2) is 0 Å². The van der Waals surface area contributed by atoms with Crippen molar-refractivity contribution < 1.29 is 4.42 Å². The van der Waals surface area contributed by atoms with E-state index in [1.54, 1.807) is 16.8 Å². The van der Waals surface area contributed by atoms with Gasteiger partial charge in [-0.2, -0.15) is 10.2 Å². The minimum Gasteiger partial charge on any atom is -0.422 e. The van der Waals surface area contributed by atoms with Gasteiger partial charge in [-0.3, -0.25) is 0 Å². The van der Waals surface area contributed by atoms with Gasteiger partial charge in [0, 0.05) is 16.6 Å². The maximum absolute atomic E-state index is 12.9. The maximum atomic E-state index is 12.9. The summed E-state index contributed by atoms with van der Waals surface area (Å²) in [5.74, 6) is 0. The largest absolute Gasteiger partial charge is 0.422 e. The molecule has 0 aliphatic heterocycles. The summed E-state index contributed by atoms with van der Waals surface area (Å²) in [4.78, 5) is 12.9. The average molecular weight is 439 g/mol. The summed E-state index contributed by atoms with van der Waals surface area (Å²) in [6, 6.07) is 20.9. The topological polar surface area (TPSA) is 73.8 Å². The lowest BCUT2D eigenvalue weighted by Gasteiger charge is -2.06. The van der Waals surface area contributed by atoms with Gasteiger partial charge in [-0.1, -0.05) is 41.9 Å². The second kappa shape index (κ2) is 7.00. The molecule has 0 N–H and O–H groups in total. The van der Waals surface area contributed by atoms with Gasteiger partial charge in [0.05, 0.1) is 22.3 Å². The van der Waals surface area contributed by atoms with E-state index in [-0.39, 0.29) is 0 Å². The molecule has 0 amide bonds. The lowest BCUT2D eigenvalue weighted by Crippen LogP contribution is -2.05. The Hall–Kier alpha value is -4.03. The van der Waals surface area contributed by atoms with Crippen LogP contribution in [-0.2, 0) is 0 Å². The molecule has 3 aromatic carbocycles. The average Bonchev–Trinajstić information content (AvgIpc) is 3.26. The van der Waals surface area contributed by atoms with Crippen LogP contribution in [0.5, 0.6) is 0 Å². The Labute approximate surface area is 186 Å². The van der Waals surface area contributed by atoms with Crippen LogP contribution in [0.1, 0.15) is 5.69 Å². The first kappa shape index (κ1) is 18.7. The van der Waals surface area contributed by atoms with Crippen LogP contribution in [0.3, 0.4) is 0 Å². The highest BCUT2D eigenvalue weighted by Crippen LogP contribution is 2.31. The fourth-order valence-electron chi connectivity index (χ4n) is 4.00. The van der Waals surface area contributed by atoms with Crippen molar-refractivity contribution in [1.82, 2.24) is 20.0 Å². The Balaban J connectivity index is 1.63. The van der Waals surface area contributed by atoms with Gasteiger partial charge in [-0.15, -0.1) is 5.10 Å². The first-order valence-corrected chi connectivity index (χ1v) is 10.4. The number of halogens is 1. The predicted octanol–water partition coefficient (Wildman–Crippen LogP) is 5.70. The van der Waals surface area contributed by atoms with Crippen LogP contribution in [0.2, 0.25) is 5.02 Å². The van der Waals surface area contributed by atoms with E-state index in [4.69, 9.17) is 16.0 Å². The molecule has 6 aromatic rings. The number of hydrogen-bond donors (Lipinski definition) is 0. The monoisotopic (exact) mass is 438 g/mol. The molecular weight excluding hydrogens is 424 g/mol. The van der Waals surface area contributed by atoms with Crippen molar-refractivity contribution in [1.29, 1.82) is 0 Å². The minimum atomic E-state index is -0.466. The van der Waals surface area contributed by atoms with Gasteiger partial charge >= 0.3 is 5.63 Å². The number of aryl methyl sites for hydroxylation is 1. The molecule has 7 heteroatoms. The maximum Gasteiger partial charge on any atom is 0.345 e. The molecule has 6 nitrogen and oxygen atoms in total. The van der Waals surface area contributed by atoms with E-state index < -0.39 is 5.63 Å². The van der Waals surface area contributed by atoms with Crippen LogP contribution in [0, 0.1) is 6.92 Å². The normalized spacial score (nSPS) is 11.6. The van der Waals surface area contributed by atoms with Gasteiger partial charge in [-0.25, -0.2) is 9.48 Å². The van der Waals surface area contributed by atoms with Gasteiger partial charge in [-0.05, 0) is 54.1 Å². The number of hydrogen-bond acceptors (Lipinski definition) is 5. The second-order valence-corrected chi connectivity index (χ2v) is 8.03. The Morgan fingerprint density at radius 1 is 0.906 bits per heavy atom. The zero-order chi connectivity index (χ0) is 21.8. The third-order valence-electron chi connectivity index (χ3n) is 5.60. The molecular formula is C25H15ClN4O2. The molecule has 154 valence electrons. The number of fused-ring (bicyclic) bond motifs is 4. The first-order valence-electron chi connectivity index (χ1n) is 10.0.